The van der Waals surface area contributed by atoms with Crippen LogP contribution in [0.25, 0.3) is 11.3 Å². The molecule has 0 amide bonds. The first-order chi connectivity index (χ1) is 6.79. The fourth-order valence-corrected chi connectivity index (χ4v) is 1.94. The van der Waals surface area contributed by atoms with Gasteiger partial charge >= 0.3 is 0 Å². The summed E-state index contributed by atoms with van der Waals surface area (Å²) >= 11 is 1.66. The predicted octanol–water partition coefficient (Wildman–Crippen LogP) is 1.97. The van der Waals surface area contributed by atoms with Gasteiger partial charge in [-0.1, -0.05) is 0 Å². The minimum Gasteiger partial charge on any atom is -0.325 e. The number of nitrogens with two attached hydrogens (primary N) is 1. The van der Waals surface area contributed by atoms with Gasteiger partial charge in [0.1, 0.15) is 5.82 Å². The van der Waals surface area contributed by atoms with E-state index in [1.54, 1.807) is 11.3 Å². The zero-order valence-corrected chi connectivity index (χ0v) is 8.71. The van der Waals surface area contributed by atoms with Crippen LogP contribution in [0.2, 0.25) is 0 Å². The number of thiophene rings is 1. The normalized spacial score (nSPS) is 10.4. The van der Waals surface area contributed by atoms with E-state index < -0.39 is 0 Å². The van der Waals surface area contributed by atoms with Gasteiger partial charge in [0.05, 0.1) is 11.4 Å². The highest BCUT2D eigenvalue weighted by Crippen LogP contribution is 2.20. The van der Waals surface area contributed by atoms with Gasteiger partial charge in [-0.05, 0) is 24.4 Å². The highest BCUT2D eigenvalue weighted by molar-refractivity contribution is 7.08. The number of nitrogens with zero attached hydrogens (tertiary/aromatic N) is 2. The first kappa shape index (κ1) is 9.30. The summed E-state index contributed by atoms with van der Waals surface area (Å²) in [7, 11) is 0. The Labute approximate surface area is 86.6 Å². The molecule has 2 N–H and O–H groups in total. The average Bonchev–Trinajstić information content (AvgIpc) is 2.69. The van der Waals surface area contributed by atoms with Crippen molar-refractivity contribution in [2.75, 3.05) is 0 Å². The van der Waals surface area contributed by atoms with E-state index in [0.717, 1.165) is 22.8 Å². The van der Waals surface area contributed by atoms with Crippen LogP contribution in [0.1, 0.15) is 11.5 Å². The van der Waals surface area contributed by atoms with Gasteiger partial charge < -0.3 is 5.73 Å². The first-order valence-corrected chi connectivity index (χ1v) is 5.31. The van der Waals surface area contributed by atoms with Gasteiger partial charge in [0.2, 0.25) is 0 Å². The molecule has 0 aromatic carbocycles. The van der Waals surface area contributed by atoms with Crippen molar-refractivity contribution < 1.29 is 0 Å². The topological polar surface area (TPSA) is 51.8 Å². The second-order valence-corrected chi connectivity index (χ2v) is 3.79. The summed E-state index contributed by atoms with van der Waals surface area (Å²) < 4.78 is 0. The van der Waals surface area contributed by atoms with Crippen LogP contribution in [-0.2, 0) is 6.54 Å². The summed E-state index contributed by atoms with van der Waals surface area (Å²) in [5.74, 6) is 0.772. The molecule has 3 nitrogen and oxygen atoms in total. The zero-order valence-electron chi connectivity index (χ0n) is 7.90. The Hall–Kier alpha value is -1.26. The lowest BCUT2D eigenvalue weighted by molar-refractivity contribution is 0.929. The maximum Gasteiger partial charge on any atom is 0.126 e. The molecule has 0 aliphatic carbocycles. The van der Waals surface area contributed by atoms with Crippen LogP contribution in [0.3, 0.4) is 0 Å². The lowest BCUT2D eigenvalue weighted by Gasteiger charge is -2.02. The molecular weight excluding hydrogens is 194 g/mol. The van der Waals surface area contributed by atoms with E-state index in [0.29, 0.717) is 6.54 Å². The molecule has 2 rings (SSSR count). The van der Waals surface area contributed by atoms with Crippen molar-refractivity contribution in [1.29, 1.82) is 0 Å². The molecule has 72 valence electrons. The highest BCUT2D eigenvalue weighted by atomic mass is 32.1. The standard InChI is InChI=1S/C10H11N3S/c1-7-12-9(5-11)4-10(13-7)8-2-3-14-6-8/h2-4,6H,5,11H2,1H3. The minimum absolute atomic E-state index is 0.459. The average molecular weight is 205 g/mol. The third-order valence-corrected chi connectivity index (χ3v) is 2.60. The van der Waals surface area contributed by atoms with Gasteiger partial charge in [-0.2, -0.15) is 11.3 Å². The van der Waals surface area contributed by atoms with Gasteiger partial charge in [-0.25, -0.2) is 9.97 Å². The van der Waals surface area contributed by atoms with E-state index in [1.807, 2.05) is 24.4 Å². The molecule has 0 unspecified atom stereocenters. The summed E-state index contributed by atoms with van der Waals surface area (Å²) in [5, 5.41) is 4.11. The third kappa shape index (κ3) is 1.81. The smallest absolute Gasteiger partial charge is 0.126 e. The molecule has 0 aliphatic rings. The fourth-order valence-electron chi connectivity index (χ4n) is 1.29. The van der Waals surface area contributed by atoms with E-state index in [-0.39, 0.29) is 0 Å². The van der Waals surface area contributed by atoms with Crippen molar-refractivity contribution in [1.82, 2.24) is 9.97 Å². The van der Waals surface area contributed by atoms with Crippen LogP contribution >= 0.6 is 11.3 Å². The van der Waals surface area contributed by atoms with E-state index in [2.05, 4.69) is 15.3 Å². The Morgan fingerprint density at radius 3 is 2.93 bits per heavy atom. The van der Waals surface area contributed by atoms with Gasteiger partial charge in [0.15, 0.2) is 0 Å². The molecule has 2 heterocycles. The van der Waals surface area contributed by atoms with E-state index in [1.165, 1.54) is 0 Å². The van der Waals surface area contributed by atoms with Crippen LogP contribution in [0, 0.1) is 6.92 Å². The van der Waals surface area contributed by atoms with Gasteiger partial charge in [0, 0.05) is 17.5 Å². The first-order valence-electron chi connectivity index (χ1n) is 4.37. The zero-order chi connectivity index (χ0) is 9.97. The summed E-state index contributed by atoms with van der Waals surface area (Å²) in [6.07, 6.45) is 0. The molecular formula is C10H11N3S. The molecule has 0 aliphatic heterocycles. The van der Waals surface area contributed by atoms with Crippen LogP contribution in [-0.4, -0.2) is 9.97 Å². The van der Waals surface area contributed by atoms with Crippen LogP contribution in [0.15, 0.2) is 22.9 Å². The molecule has 0 radical (unpaired) electrons. The largest absolute Gasteiger partial charge is 0.325 e. The van der Waals surface area contributed by atoms with Gasteiger partial charge in [-0.15, -0.1) is 0 Å². The van der Waals surface area contributed by atoms with Crippen molar-refractivity contribution >= 4 is 11.3 Å². The second kappa shape index (κ2) is 3.86. The monoisotopic (exact) mass is 205 g/mol. The summed E-state index contributed by atoms with van der Waals surface area (Å²) in [6.45, 7) is 2.34. The Morgan fingerprint density at radius 1 is 1.43 bits per heavy atom. The molecule has 0 saturated heterocycles. The number of hydrogen-bond donors (Lipinski definition) is 1. The molecule has 4 heteroatoms. The van der Waals surface area contributed by atoms with E-state index >= 15 is 0 Å². The molecule has 2 aromatic heterocycles. The van der Waals surface area contributed by atoms with Crippen LogP contribution < -0.4 is 5.73 Å². The summed E-state index contributed by atoms with van der Waals surface area (Å²) in [4.78, 5) is 8.59. The summed E-state index contributed by atoms with van der Waals surface area (Å²) in [6, 6.07) is 3.99. The number of aryl methyl sites for hydroxylation is 1. The minimum atomic E-state index is 0.459. The Morgan fingerprint density at radius 2 is 2.29 bits per heavy atom. The van der Waals surface area contributed by atoms with E-state index in [9.17, 15) is 0 Å². The van der Waals surface area contributed by atoms with E-state index in [4.69, 9.17) is 5.73 Å². The van der Waals surface area contributed by atoms with Crippen molar-refractivity contribution in [2.45, 2.75) is 13.5 Å². The molecule has 0 saturated carbocycles. The summed E-state index contributed by atoms with van der Waals surface area (Å²) in [5.41, 5.74) is 8.53. The molecule has 0 spiro atoms. The lowest BCUT2D eigenvalue weighted by Crippen LogP contribution is -2.02. The van der Waals surface area contributed by atoms with Gasteiger partial charge in [0.25, 0.3) is 0 Å². The SMILES string of the molecule is Cc1nc(CN)cc(-c2ccsc2)n1. The van der Waals surface area contributed by atoms with Crippen molar-refractivity contribution in [2.24, 2.45) is 5.73 Å². The van der Waals surface area contributed by atoms with Crippen molar-refractivity contribution in [3.05, 3.63) is 34.4 Å². The number of hydrogen-bond acceptors (Lipinski definition) is 4. The van der Waals surface area contributed by atoms with Crippen molar-refractivity contribution in [3.63, 3.8) is 0 Å². The maximum atomic E-state index is 5.55. The third-order valence-electron chi connectivity index (χ3n) is 1.92. The van der Waals surface area contributed by atoms with Crippen LogP contribution in [0.5, 0.6) is 0 Å². The molecule has 0 fully saturated rings. The maximum absolute atomic E-state index is 5.55. The number of aromatic nitrogens is 2. The lowest BCUT2D eigenvalue weighted by atomic mass is 10.2. The Balaban J connectivity index is 2.48. The molecule has 2 aromatic rings. The fraction of sp³-hybridized carbons (Fsp3) is 0.200. The predicted molar refractivity (Wildman–Crippen MR) is 58.0 cm³/mol. The number of rotatable bonds is 2. The Bertz CT molecular complexity index is 423. The Kier molecular flexibility index (Phi) is 2.56. The van der Waals surface area contributed by atoms with Gasteiger partial charge in [-0.3, -0.25) is 0 Å². The molecule has 14 heavy (non-hydrogen) atoms. The van der Waals surface area contributed by atoms with Crippen molar-refractivity contribution in [3.8, 4) is 11.3 Å². The molecule has 0 bridgehead atoms. The molecule has 0 atom stereocenters. The second-order valence-electron chi connectivity index (χ2n) is 3.01. The highest BCUT2D eigenvalue weighted by Gasteiger charge is 2.03. The quantitative estimate of drug-likeness (QED) is 0.815. The van der Waals surface area contributed by atoms with Crippen LogP contribution in [0.4, 0.5) is 0 Å².